The maximum atomic E-state index is 13.1. The number of rotatable bonds is 4. The van der Waals surface area contributed by atoms with E-state index < -0.39 is 0 Å². The van der Waals surface area contributed by atoms with E-state index in [-0.39, 0.29) is 12.4 Å². The Morgan fingerprint density at radius 2 is 1.84 bits per heavy atom. The van der Waals surface area contributed by atoms with E-state index in [0.717, 1.165) is 5.56 Å². The molecule has 0 aromatic heterocycles. The normalized spacial score (nSPS) is 10.5. The van der Waals surface area contributed by atoms with Gasteiger partial charge in [-0.3, -0.25) is 0 Å². The highest BCUT2D eigenvalue weighted by Crippen LogP contribution is 2.27. The van der Waals surface area contributed by atoms with Gasteiger partial charge in [-0.2, -0.15) is 0 Å². The van der Waals surface area contributed by atoms with Crippen LogP contribution >= 0.6 is 23.2 Å². The van der Waals surface area contributed by atoms with E-state index >= 15 is 0 Å². The summed E-state index contributed by atoms with van der Waals surface area (Å²) >= 11 is 12.0. The molecule has 0 bridgehead atoms. The van der Waals surface area contributed by atoms with Gasteiger partial charge in [0.1, 0.15) is 18.2 Å². The van der Waals surface area contributed by atoms with Gasteiger partial charge in [-0.25, -0.2) is 4.39 Å². The fourth-order valence-electron chi connectivity index (χ4n) is 1.60. The fraction of sp³-hybridized carbons (Fsp3) is 0.143. The second kappa shape index (κ2) is 6.24. The highest BCUT2D eigenvalue weighted by molar-refractivity contribution is 6.32. The molecule has 0 heterocycles. The number of hydrogen-bond acceptors (Lipinski definition) is 2. The molecule has 0 amide bonds. The molecule has 100 valence electrons. The molecule has 5 heteroatoms. The van der Waals surface area contributed by atoms with Crippen molar-refractivity contribution in [3.63, 3.8) is 0 Å². The number of nitrogens with two attached hydrogens (primary N) is 1. The zero-order chi connectivity index (χ0) is 13.8. The molecule has 0 atom stereocenters. The van der Waals surface area contributed by atoms with Crippen LogP contribution in [0.4, 0.5) is 4.39 Å². The molecule has 0 radical (unpaired) electrons. The Hall–Kier alpha value is -1.29. The molecule has 2 aromatic carbocycles. The summed E-state index contributed by atoms with van der Waals surface area (Å²) in [7, 11) is 0. The van der Waals surface area contributed by atoms with Crippen LogP contribution in [-0.4, -0.2) is 0 Å². The molecule has 2 nitrogen and oxygen atoms in total. The summed E-state index contributed by atoms with van der Waals surface area (Å²) in [6.07, 6.45) is 0. The van der Waals surface area contributed by atoms with E-state index in [2.05, 4.69) is 0 Å². The topological polar surface area (TPSA) is 35.2 Å². The predicted octanol–water partition coefficient (Wildman–Crippen LogP) is 4.17. The van der Waals surface area contributed by atoms with Crippen LogP contribution in [0.1, 0.15) is 11.1 Å². The maximum Gasteiger partial charge on any atom is 0.138 e. The highest BCUT2D eigenvalue weighted by Gasteiger charge is 2.06. The van der Waals surface area contributed by atoms with Crippen LogP contribution in [0.3, 0.4) is 0 Å². The largest absolute Gasteiger partial charge is 0.487 e. The summed E-state index contributed by atoms with van der Waals surface area (Å²) in [5.74, 6) is 0.159. The van der Waals surface area contributed by atoms with Crippen LogP contribution in [0.25, 0.3) is 0 Å². The lowest BCUT2D eigenvalue weighted by atomic mass is 10.2. The van der Waals surface area contributed by atoms with Crippen molar-refractivity contribution in [2.24, 2.45) is 5.73 Å². The third-order valence-corrected chi connectivity index (χ3v) is 3.29. The second-order valence-electron chi connectivity index (χ2n) is 3.99. The van der Waals surface area contributed by atoms with Gasteiger partial charge < -0.3 is 10.5 Å². The van der Waals surface area contributed by atoms with Gasteiger partial charge in [-0.15, -0.1) is 0 Å². The van der Waals surface area contributed by atoms with E-state index in [9.17, 15) is 4.39 Å². The van der Waals surface area contributed by atoms with E-state index in [1.54, 1.807) is 12.1 Å². The molecular weight excluding hydrogens is 288 g/mol. The van der Waals surface area contributed by atoms with E-state index in [4.69, 9.17) is 33.7 Å². The lowest BCUT2D eigenvalue weighted by Crippen LogP contribution is -1.99. The first kappa shape index (κ1) is 14.1. The average Bonchev–Trinajstić information content (AvgIpc) is 2.40. The average molecular weight is 300 g/mol. The van der Waals surface area contributed by atoms with Gasteiger partial charge in [0, 0.05) is 17.1 Å². The van der Waals surface area contributed by atoms with Crippen molar-refractivity contribution in [2.75, 3.05) is 0 Å². The third-order valence-electron chi connectivity index (χ3n) is 2.62. The van der Waals surface area contributed by atoms with Crippen LogP contribution in [-0.2, 0) is 13.2 Å². The van der Waals surface area contributed by atoms with E-state index in [0.29, 0.717) is 27.9 Å². The minimum Gasteiger partial charge on any atom is -0.487 e. The Bertz CT molecular complexity index is 590. The molecule has 2 rings (SSSR count). The monoisotopic (exact) mass is 299 g/mol. The molecular formula is C14H12Cl2FNO. The number of benzene rings is 2. The Balaban J connectivity index is 2.12. The molecule has 0 saturated heterocycles. The quantitative estimate of drug-likeness (QED) is 0.919. The first-order valence-electron chi connectivity index (χ1n) is 5.65. The molecule has 0 aliphatic carbocycles. The zero-order valence-corrected chi connectivity index (χ0v) is 11.5. The third kappa shape index (κ3) is 3.60. The van der Waals surface area contributed by atoms with Gasteiger partial charge in [0.05, 0.1) is 5.02 Å². The molecule has 0 saturated carbocycles. The van der Waals surface area contributed by atoms with Crippen LogP contribution in [0, 0.1) is 5.82 Å². The van der Waals surface area contributed by atoms with Crippen molar-refractivity contribution in [1.29, 1.82) is 0 Å². The van der Waals surface area contributed by atoms with Crippen molar-refractivity contribution >= 4 is 23.2 Å². The van der Waals surface area contributed by atoms with Crippen LogP contribution in [0.2, 0.25) is 10.0 Å². The summed E-state index contributed by atoms with van der Waals surface area (Å²) in [6, 6.07) is 9.43. The molecule has 0 fully saturated rings. The Morgan fingerprint density at radius 1 is 1.05 bits per heavy atom. The summed E-state index contributed by atoms with van der Waals surface area (Å²) in [5, 5.41) is 0.923. The predicted molar refractivity (Wildman–Crippen MR) is 75.1 cm³/mol. The summed E-state index contributed by atoms with van der Waals surface area (Å²) in [6.45, 7) is 0.564. The Labute approximate surface area is 120 Å². The maximum absolute atomic E-state index is 13.1. The summed E-state index contributed by atoms with van der Waals surface area (Å²) in [4.78, 5) is 0. The van der Waals surface area contributed by atoms with E-state index in [1.807, 2.05) is 6.07 Å². The minimum atomic E-state index is -0.354. The molecule has 2 aromatic rings. The molecule has 0 aliphatic heterocycles. The van der Waals surface area contributed by atoms with Gasteiger partial charge in [-0.1, -0.05) is 29.3 Å². The second-order valence-corrected chi connectivity index (χ2v) is 4.81. The van der Waals surface area contributed by atoms with Crippen LogP contribution in [0.5, 0.6) is 5.75 Å². The lowest BCUT2D eigenvalue weighted by molar-refractivity contribution is 0.306. The standard InChI is InChI=1S/C14H12Cl2FNO/c15-12-3-2-11(17)6-10(12)8-19-14-4-1-9(7-18)5-13(14)16/h1-6H,7-8,18H2. The van der Waals surface area contributed by atoms with Gasteiger partial charge in [0.2, 0.25) is 0 Å². The summed E-state index contributed by atoms with van der Waals surface area (Å²) < 4.78 is 18.6. The van der Waals surface area contributed by atoms with Crippen molar-refractivity contribution in [2.45, 2.75) is 13.2 Å². The van der Waals surface area contributed by atoms with Gasteiger partial charge in [0.25, 0.3) is 0 Å². The lowest BCUT2D eigenvalue weighted by Gasteiger charge is -2.10. The highest BCUT2D eigenvalue weighted by atomic mass is 35.5. The van der Waals surface area contributed by atoms with Gasteiger partial charge >= 0.3 is 0 Å². The minimum absolute atomic E-state index is 0.151. The molecule has 19 heavy (non-hydrogen) atoms. The number of ether oxygens (including phenoxy) is 1. The molecule has 0 spiro atoms. The molecule has 2 N–H and O–H groups in total. The number of halogens is 3. The van der Waals surface area contributed by atoms with Crippen molar-refractivity contribution in [3.05, 3.63) is 63.4 Å². The van der Waals surface area contributed by atoms with Crippen LogP contribution in [0.15, 0.2) is 36.4 Å². The zero-order valence-electron chi connectivity index (χ0n) is 10.00. The summed E-state index contributed by atoms with van der Waals surface area (Å²) in [5.41, 5.74) is 7.00. The van der Waals surface area contributed by atoms with Crippen molar-refractivity contribution in [1.82, 2.24) is 0 Å². The first-order chi connectivity index (χ1) is 9.10. The molecule has 0 aliphatic rings. The number of hydrogen-bond donors (Lipinski definition) is 1. The molecule has 0 unspecified atom stereocenters. The van der Waals surface area contributed by atoms with E-state index in [1.165, 1.54) is 18.2 Å². The Morgan fingerprint density at radius 3 is 2.53 bits per heavy atom. The van der Waals surface area contributed by atoms with Crippen LogP contribution < -0.4 is 10.5 Å². The fourth-order valence-corrected chi connectivity index (χ4v) is 2.03. The van der Waals surface area contributed by atoms with Crippen molar-refractivity contribution < 1.29 is 9.13 Å². The smallest absolute Gasteiger partial charge is 0.138 e. The van der Waals surface area contributed by atoms with Gasteiger partial charge in [-0.05, 0) is 35.9 Å². The van der Waals surface area contributed by atoms with Crippen molar-refractivity contribution in [3.8, 4) is 5.75 Å². The first-order valence-corrected chi connectivity index (χ1v) is 6.41. The SMILES string of the molecule is NCc1ccc(OCc2cc(F)ccc2Cl)c(Cl)c1. The Kier molecular flexibility index (Phi) is 4.64. The van der Waals surface area contributed by atoms with Gasteiger partial charge in [0.15, 0.2) is 0 Å².